The number of rotatable bonds is 0. The lowest BCUT2D eigenvalue weighted by molar-refractivity contribution is 0.0968. The third-order valence-electron chi connectivity index (χ3n) is 4.53. The molecule has 1 nitrogen and oxygen atoms in total. The second-order valence-corrected chi connectivity index (χ2v) is 5.81. The van der Waals surface area contributed by atoms with E-state index in [-0.39, 0.29) is 0 Å². The van der Waals surface area contributed by atoms with E-state index in [4.69, 9.17) is 0 Å². The maximum atomic E-state index is 12.1. The lowest BCUT2D eigenvalue weighted by atomic mass is 9.80. The van der Waals surface area contributed by atoms with Gasteiger partial charge in [-0.3, -0.25) is 4.79 Å². The largest absolute Gasteiger partial charge is 0.294 e. The van der Waals surface area contributed by atoms with Crippen molar-refractivity contribution in [2.24, 2.45) is 0 Å². The van der Waals surface area contributed by atoms with Crippen molar-refractivity contribution in [3.05, 3.63) is 59.7 Å². The van der Waals surface area contributed by atoms with E-state index in [1.165, 1.54) is 27.1 Å². The third kappa shape index (κ3) is 1.59. The van der Waals surface area contributed by atoms with E-state index in [1.807, 2.05) is 6.07 Å². The normalized spacial score (nSPS) is 18.4. The van der Waals surface area contributed by atoms with E-state index in [9.17, 15) is 4.79 Å². The smallest absolute Gasteiger partial charge is 0.163 e. The highest BCUT2D eigenvalue weighted by molar-refractivity contribution is 6.07. The molecule has 0 saturated carbocycles. The van der Waals surface area contributed by atoms with Gasteiger partial charge in [0.2, 0.25) is 0 Å². The average Bonchev–Trinajstić information content (AvgIpc) is 2.48. The molecule has 1 atom stereocenters. The molecule has 0 radical (unpaired) electrons. The van der Waals surface area contributed by atoms with Gasteiger partial charge in [-0.1, -0.05) is 43.3 Å². The Labute approximate surface area is 118 Å². The van der Waals surface area contributed by atoms with Crippen LogP contribution in [0.25, 0.3) is 21.5 Å². The topological polar surface area (TPSA) is 17.1 Å². The second-order valence-electron chi connectivity index (χ2n) is 5.81. The van der Waals surface area contributed by atoms with Gasteiger partial charge in [0.05, 0.1) is 0 Å². The highest BCUT2D eigenvalue weighted by Gasteiger charge is 2.24. The van der Waals surface area contributed by atoms with E-state index in [0.29, 0.717) is 18.1 Å². The predicted molar refractivity (Wildman–Crippen MR) is 83.4 cm³/mol. The molecule has 4 rings (SSSR count). The van der Waals surface area contributed by atoms with Crippen molar-refractivity contribution in [2.75, 3.05) is 0 Å². The summed E-state index contributed by atoms with van der Waals surface area (Å²) < 4.78 is 0. The zero-order valence-electron chi connectivity index (χ0n) is 11.5. The molecule has 0 aliphatic heterocycles. The molecule has 0 bridgehead atoms. The maximum absolute atomic E-state index is 12.1. The minimum absolute atomic E-state index is 0.299. The molecule has 1 aliphatic carbocycles. The summed E-state index contributed by atoms with van der Waals surface area (Å²) in [6.45, 7) is 2.24. The van der Waals surface area contributed by atoms with Crippen LogP contribution in [0.2, 0.25) is 0 Å². The summed E-state index contributed by atoms with van der Waals surface area (Å²) in [5, 5.41) is 5.00. The van der Waals surface area contributed by atoms with Gasteiger partial charge in [-0.15, -0.1) is 0 Å². The molecule has 1 unspecified atom stereocenters. The summed E-state index contributed by atoms with van der Waals surface area (Å²) in [6.07, 6.45) is 1.66. The number of fused-ring (bicyclic) bond motifs is 4. The molecule has 0 amide bonds. The fourth-order valence-electron chi connectivity index (χ4n) is 3.44. The standard InChI is InChI=1S/C19H16O/c1-12-6-9-18(20)16-8-7-15-10-13-4-2-3-5-14(13)11-17(15)19(12)16/h2-5,7-8,10-12H,6,9H2,1H3. The van der Waals surface area contributed by atoms with Gasteiger partial charge in [-0.2, -0.15) is 0 Å². The zero-order valence-corrected chi connectivity index (χ0v) is 11.5. The highest BCUT2D eigenvalue weighted by atomic mass is 16.1. The van der Waals surface area contributed by atoms with E-state index >= 15 is 0 Å². The van der Waals surface area contributed by atoms with Crippen molar-refractivity contribution in [3.8, 4) is 0 Å². The van der Waals surface area contributed by atoms with Crippen molar-refractivity contribution in [3.63, 3.8) is 0 Å². The van der Waals surface area contributed by atoms with E-state index < -0.39 is 0 Å². The average molecular weight is 260 g/mol. The summed E-state index contributed by atoms with van der Waals surface area (Å²) in [4.78, 5) is 12.1. The first-order chi connectivity index (χ1) is 9.74. The van der Waals surface area contributed by atoms with Crippen LogP contribution in [0.4, 0.5) is 0 Å². The molecule has 0 fully saturated rings. The van der Waals surface area contributed by atoms with Gasteiger partial charge in [0, 0.05) is 12.0 Å². The second kappa shape index (κ2) is 4.17. The van der Waals surface area contributed by atoms with Gasteiger partial charge in [0.15, 0.2) is 5.78 Å². The number of carbonyl (C=O) groups is 1. The SMILES string of the molecule is CC1CCC(=O)c2ccc3cc4ccccc4cc3c21. The molecule has 0 heterocycles. The van der Waals surface area contributed by atoms with Crippen molar-refractivity contribution in [1.82, 2.24) is 0 Å². The first-order valence-corrected chi connectivity index (χ1v) is 7.22. The van der Waals surface area contributed by atoms with Crippen LogP contribution in [-0.4, -0.2) is 5.78 Å². The molecule has 1 heteroatoms. The Morgan fingerprint density at radius 2 is 1.70 bits per heavy atom. The highest BCUT2D eigenvalue weighted by Crippen LogP contribution is 2.37. The first-order valence-electron chi connectivity index (χ1n) is 7.22. The summed E-state index contributed by atoms with van der Waals surface area (Å²) in [5.41, 5.74) is 2.19. The minimum atomic E-state index is 0.299. The third-order valence-corrected chi connectivity index (χ3v) is 4.53. The molecular formula is C19H16O. The van der Waals surface area contributed by atoms with Crippen LogP contribution >= 0.6 is 0 Å². The van der Waals surface area contributed by atoms with Crippen molar-refractivity contribution < 1.29 is 4.79 Å². The number of hydrogen-bond donors (Lipinski definition) is 0. The van der Waals surface area contributed by atoms with Gasteiger partial charge >= 0.3 is 0 Å². The molecule has 3 aromatic carbocycles. The lowest BCUT2D eigenvalue weighted by Gasteiger charge is -2.23. The number of Topliss-reactive ketones (excluding diaryl/α,β-unsaturated/α-hetero) is 1. The van der Waals surface area contributed by atoms with Crippen LogP contribution in [0.15, 0.2) is 48.5 Å². The van der Waals surface area contributed by atoms with Crippen molar-refractivity contribution in [2.45, 2.75) is 25.7 Å². The monoisotopic (exact) mass is 260 g/mol. The Hall–Kier alpha value is -2.15. The van der Waals surface area contributed by atoms with Crippen LogP contribution in [0.5, 0.6) is 0 Å². The molecule has 0 aromatic heterocycles. The molecule has 3 aromatic rings. The summed E-state index contributed by atoms with van der Waals surface area (Å²) in [5.74, 6) is 0.765. The summed E-state index contributed by atoms with van der Waals surface area (Å²) in [6, 6.07) is 17.0. The summed E-state index contributed by atoms with van der Waals surface area (Å²) >= 11 is 0. The molecule has 0 spiro atoms. The quantitative estimate of drug-likeness (QED) is 0.515. The molecule has 1 aliphatic rings. The van der Waals surface area contributed by atoms with Crippen molar-refractivity contribution >= 4 is 27.3 Å². The zero-order chi connectivity index (χ0) is 13.7. The Morgan fingerprint density at radius 1 is 0.950 bits per heavy atom. The number of carbonyl (C=O) groups excluding carboxylic acids is 1. The molecular weight excluding hydrogens is 244 g/mol. The van der Waals surface area contributed by atoms with Gasteiger partial charge in [-0.05, 0) is 51.6 Å². The Morgan fingerprint density at radius 3 is 2.50 bits per heavy atom. The van der Waals surface area contributed by atoms with Gasteiger partial charge in [-0.25, -0.2) is 0 Å². The molecule has 98 valence electrons. The van der Waals surface area contributed by atoms with Gasteiger partial charge < -0.3 is 0 Å². The summed E-state index contributed by atoms with van der Waals surface area (Å²) in [7, 11) is 0. The molecule has 20 heavy (non-hydrogen) atoms. The van der Waals surface area contributed by atoms with Crippen LogP contribution in [0, 0.1) is 0 Å². The first kappa shape index (κ1) is 11.7. The maximum Gasteiger partial charge on any atom is 0.163 e. The Bertz CT molecular complexity index is 845. The predicted octanol–water partition coefficient (Wildman–Crippen LogP) is 5.07. The lowest BCUT2D eigenvalue weighted by Crippen LogP contribution is -2.14. The van der Waals surface area contributed by atoms with E-state index in [2.05, 4.69) is 49.4 Å². The van der Waals surface area contributed by atoms with Gasteiger partial charge in [0.25, 0.3) is 0 Å². The van der Waals surface area contributed by atoms with Crippen molar-refractivity contribution in [1.29, 1.82) is 0 Å². The Balaban J connectivity index is 2.14. The van der Waals surface area contributed by atoms with Crippen LogP contribution < -0.4 is 0 Å². The van der Waals surface area contributed by atoms with E-state index in [1.54, 1.807) is 0 Å². The Kier molecular flexibility index (Phi) is 2.43. The van der Waals surface area contributed by atoms with E-state index in [0.717, 1.165) is 12.0 Å². The minimum Gasteiger partial charge on any atom is -0.294 e. The fraction of sp³-hybridized carbons (Fsp3) is 0.211. The molecule has 0 saturated heterocycles. The number of ketones is 1. The number of benzene rings is 3. The fourth-order valence-corrected chi connectivity index (χ4v) is 3.44. The number of hydrogen-bond acceptors (Lipinski definition) is 1. The van der Waals surface area contributed by atoms with Crippen LogP contribution in [0.1, 0.15) is 41.6 Å². The van der Waals surface area contributed by atoms with Gasteiger partial charge in [0.1, 0.15) is 0 Å². The van der Waals surface area contributed by atoms with Crippen LogP contribution in [0.3, 0.4) is 0 Å². The van der Waals surface area contributed by atoms with Crippen LogP contribution in [-0.2, 0) is 0 Å². The molecule has 0 N–H and O–H groups in total.